The first-order chi connectivity index (χ1) is 13.8. The van der Waals surface area contributed by atoms with E-state index < -0.39 is 0 Å². The molecule has 0 bridgehead atoms. The number of nitrogens with zero attached hydrogens (tertiary/aromatic N) is 3. The summed E-state index contributed by atoms with van der Waals surface area (Å²) in [5.74, 6) is -0.188. The van der Waals surface area contributed by atoms with Crippen molar-refractivity contribution in [3.8, 4) is 0 Å². The SMILES string of the molecule is Cc1nc(NC(=O)CN2CCCC(C(=O)Nc3ccc(N(C)C)cc3)C2)sc1C. The van der Waals surface area contributed by atoms with Gasteiger partial charge in [-0.1, -0.05) is 0 Å². The zero-order valence-electron chi connectivity index (χ0n) is 17.5. The Kier molecular flexibility index (Phi) is 6.87. The quantitative estimate of drug-likeness (QED) is 0.758. The van der Waals surface area contributed by atoms with Crippen molar-refractivity contribution in [2.75, 3.05) is 49.3 Å². The van der Waals surface area contributed by atoms with Gasteiger partial charge >= 0.3 is 0 Å². The molecular formula is C21H29N5O2S. The maximum Gasteiger partial charge on any atom is 0.240 e. The molecule has 7 nitrogen and oxygen atoms in total. The largest absolute Gasteiger partial charge is 0.378 e. The molecule has 1 fully saturated rings. The zero-order valence-corrected chi connectivity index (χ0v) is 18.3. The maximum absolute atomic E-state index is 12.7. The maximum atomic E-state index is 12.7. The lowest BCUT2D eigenvalue weighted by Gasteiger charge is -2.31. The van der Waals surface area contributed by atoms with Gasteiger partial charge in [-0.2, -0.15) is 0 Å². The number of hydrogen-bond acceptors (Lipinski definition) is 6. The molecule has 1 aliphatic heterocycles. The smallest absolute Gasteiger partial charge is 0.240 e. The summed E-state index contributed by atoms with van der Waals surface area (Å²) in [4.78, 5) is 34.6. The van der Waals surface area contributed by atoms with Crippen LogP contribution in [0.4, 0.5) is 16.5 Å². The third-order valence-corrected chi connectivity index (χ3v) is 6.16. The van der Waals surface area contributed by atoms with Crippen molar-refractivity contribution in [1.29, 1.82) is 0 Å². The van der Waals surface area contributed by atoms with E-state index in [4.69, 9.17) is 0 Å². The first kappa shape index (κ1) is 21.3. The number of rotatable bonds is 6. The summed E-state index contributed by atoms with van der Waals surface area (Å²) in [5, 5.41) is 6.52. The van der Waals surface area contributed by atoms with Gasteiger partial charge < -0.3 is 15.5 Å². The van der Waals surface area contributed by atoms with E-state index in [9.17, 15) is 9.59 Å². The fourth-order valence-electron chi connectivity index (χ4n) is 3.39. The van der Waals surface area contributed by atoms with Gasteiger partial charge in [0, 0.05) is 36.9 Å². The van der Waals surface area contributed by atoms with Crippen molar-refractivity contribution in [1.82, 2.24) is 9.88 Å². The van der Waals surface area contributed by atoms with Crippen LogP contribution in [0.2, 0.25) is 0 Å². The predicted octanol–water partition coefficient (Wildman–Crippen LogP) is 3.12. The van der Waals surface area contributed by atoms with E-state index in [-0.39, 0.29) is 24.3 Å². The molecule has 0 radical (unpaired) electrons. The van der Waals surface area contributed by atoms with Gasteiger partial charge in [0.2, 0.25) is 11.8 Å². The first-order valence-electron chi connectivity index (χ1n) is 9.86. The van der Waals surface area contributed by atoms with Crippen LogP contribution in [-0.4, -0.2) is 55.4 Å². The fraction of sp³-hybridized carbons (Fsp3) is 0.476. The molecule has 0 spiro atoms. The molecule has 1 aliphatic rings. The highest BCUT2D eigenvalue weighted by atomic mass is 32.1. The van der Waals surface area contributed by atoms with E-state index in [0.717, 1.165) is 41.3 Å². The molecule has 3 rings (SSSR count). The molecule has 2 aromatic rings. The Hall–Kier alpha value is -2.45. The molecule has 2 amide bonds. The van der Waals surface area contributed by atoms with Crippen LogP contribution >= 0.6 is 11.3 Å². The summed E-state index contributed by atoms with van der Waals surface area (Å²) in [6.45, 7) is 5.61. The molecule has 1 aromatic heterocycles. The van der Waals surface area contributed by atoms with Crippen molar-refractivity contribution in [3.05, 3.63) is 34.8 Å². The van der Waals surface area contributed by atoms with Gasteiger partial charge in [-0.15, -0.1) is 11.3 Å². The van der Waals surface area contributed by atoms with Crippen LogP contribution in [0.25, 0.3) is 0 Å². The Balaban J connectivity index is 1.51. The van der Waals surface area contributed by atoms with E-state index >= 15 is 0 Å². The minimum atomic E-state index is -0.116. The number of thiazole rings is 1. The van der Waals surface area contributed by atoms with Crippen LogP contribution in [0.3, 0.4) is 0 Å². The molecule has 29 heavy (non-hydrogen) atoms. The van der Waals surface area contributed by atoms with Crippen molar-refractivity contribution in [2.24, 2.45) is 5.92 Å². The molecule has 156 valence electrons. The molecule has 2 heterocycles. The molecule has 0 saturated carbocycles. The van der Waals surface area contributed by atoms with Crippen LogP contribution < -0.4 is 15.5 Å². The number of aromatic nitrogens is 1. The number of carbonyl (C=O) groups is 2. The Morgan fingerprint density at radius 3 is 2.55 bits per heavy atom. The van der Waals surface area contributed by atoms with Crippen molar-refractivity contribution < 1.29 is 9.59 Å². The number of piperidine rings is 1. The average molecular weight is 416 g/mol. The Morgan fingerprint density at radius 1 is 1.21 bits per heavy atom. The zero-order chi connectivity index (χ0) is 21.0. The summed E-state index contributed by atoms with van der Waals surface area (Å²) in [6, 6.07) is 7.79. The highest BCUT2D eigenvalue weighted by Gasteiger charge is 2.27. The number of hydrogen-bond donors (Lipinski definition) is 2. The van der Waals surface area contributed by atoms with Crippen molar-refractivity contribution in [3.63, 3.8) is 0 Å². The van der Waals surface area contributed by atoms with Crippen LogP contribution in [0.1, 0.15) is 23.4 Å². The summed E-state index contributed by atoms with van der Waals surface area (Å²) in [7, 11) is 3.97. The van der Waals surface area contributed by atoms with E-state index in [2.05, 4.69) is 15.6 Å². The number of amides is 2. The third-order valence-electron chi connectivity index (χ3n) is 5.17. The van der Waals surface area contributed by atoms with Gasteiger partial charge in [-0.25, -0.2) is 4.98 Å². The second-order valence-electron chi connectivity index (χ2n) is 7.71. The molecule has 0 aliphatic carbocycles. The van der Waals surface area contributed by atoms with E-state index in [1.165, 1.54) is 11.3 Å². The Morgan fingerprint density at radius 2 is 1.93 bits per heavy atom. The van der Waals surface area contributed by atoms with Gasteiger partial charge in [0.1, 0.15) is 0 Å². The standard InChI is InChI=1S/C21H29N5O2S/c1-14-15(2)29-21(22-14)24-19(27)13-26-11-5-6-16(12-26)20(28)23-17-7-9-18(10-8-17)25(3)4/h7-10,16H,5-6,11-13H2,1-4H3,(H,23,28)(H,22,24,27). The van der Waals surface area contributed by atoms with Crippen LogP contribution in [0.15, 0.2) is 24.3 Å². The number of aryl methyl sites for hydroxylation is 2. The topological polar surface area (TPSA) is 77.6 Å². The van der Waals surface area contributed by atoms with E-state index in [1.54, 1.807) is 0 Å². The molecule has 1 unspecified atom stereocenters. The van der Waals surface area contributed by atoms with Gasteiger partial charge in [-0.05, 0) is 57.5 Å². The number of benzene rings is 1. The minimum absolute atomic E-state index is 0.0129. The Bertz CT molecular complexity index is 843. The van der Waals surface area contributed by atoms with Gasteiger partial charge in [0.25, 0.3) is 0 Å². The lowest BCUT2D eigenvalue weighted by atomic mass is 9.97. The molecular weight excluding hydrogens is 386 g/mol. The summed E-state index contributed by atoms with van der Waals surface area (Å²) in [6.07, 6.45) is 1.74. The second kappa shape index (κ2) is 9.37. The van der Waals surface area contributed by atoms with Crippen LogP contribution in [0.5, 0.6) is 0 Å². The third kappa shape index (κ3) is 5.77. The number of anilines is 3. The minimum Gasteiger partial charge on any atom is -0.378 e. The van der Waals surface area contributed by atoms with Crippen LogP contribution in [0, 0.1) is 19.8 Å². The van der Waals surface area contributed by atoms with E-state index in [1.807, 2.05) is 62.0 Å². The van der Waals surface area contributed by atoms with Gasteiger partial charge in [-0.3, -0.25) is 14.5 Å². The van der Waals surface area contributed by atoms with Gasteiger partial charge in [0.15, 0.2) is 5.13 Å². The second-order valence-corrected chi connectivity index (χ2v) is 8.92. The lowest BCUT2D eigenvalue weighted by Crippen LogP contribution is -2.43. The van der Waals surface area contributed by atoms with Crippen LogP contribution in [-0.2, 0) is 9.59 Å². The number of carbonyl (C=O) groups excluding carboxylic acids is 2. The summed E-state index contributed by atoms with van der Waals surface area (Å²) >= 11 is 1.49. The lowest BCUT2D eigenvalue weighted by molar-refractivity contribution is -0.123. The Labute approximate surface area is 176 Å². The number of nitrogens with one attached hydrogen (secondary N) is 2. The molecule has 1 aromatic carbocycles. The summed E-state index contributed by atoms with van der Waals surface area (Å²) in [5.41, 5.74) is 2.83. The predicted molar refractivity (Wildman–Crippen MR) is 119 cm³/mol. The monoisotopic (exact) mass is 415 g/mol. The van der Waals surface area contributed by atoms with Gasteiger partial charge in [0.05, 0.1) is 18.2 Å². The fourth-order valence-corrected chi connectivity index (χ4v) is 4.22. The normalized spacial score (nSPS) is 17.0. The van der Waals surface area contributed by atoms with Crippen molar-refractivity contribution >= 4 is 39.7 Å². The average Bonchev–Trinajstić information content (AvgIpc) is 2.99. The highest BCUT2D eigenvalue weighted by Crippen LogP contribution is 2.22. The van der Waals surface area contributed by atoms with Crippen molar-refractivity contribution in [2.45, 2.75) is 26.7 Å². The molecule has 2 N–H and O–H groups in total. The van der Waals surface area contributed by atoms with E-state index in [0.29, 0.717) is 11.7 Å². The number of likely N-dealkylation sites (tertiary alicyclic amines) is 1. The molecule has 8 heteroatoms. The molecule has 1 atom stereocenters. The first-order valence-corrected chi connectivity index (χ1v) is 10.7. The molecule has 1 saturated heterocycles. The summed E-state index contributed by atoms with van der Waals surface area (Å²) < 4.78 is 0. The highest BCUT2D eigenvalue weighted by molar-refractivity contribution is 7.15.